The fraction of sp³-hybridized carbons (Fsp3) is 0.267. The number of carbonyl (C=O) groups is 3. The van der Waals surface area contributed by atoms with Crippen molar-refractivity contribution in [3.63, 3.8) is 0 Å². The number of esters is 1. The van der Waals surface area contributed by atoms with E-state index in [0.29, 0.717) is 41.2 Å². The summed E-state index contributed by atoms with van der Waals surface area (Å²) in [6.07, 6.45) is 1.06. The minimum Gasteiger partial charge on any atom is -0.480 e. The van der Waals surface area contributed by atoms with Crippen molar-refractivity contribution in [1.82, 2.24) is 0 Å². The monoisotopic (exact) mass is 544 g/mol. The first-order valence-electron chi connectivity index (χ1n) is 13.1. The van der Waals surface area contributed by atoms with Crippen molar-refractivity contribution in [3.05, 3.63) is 83.9 Å². The van der Waals surface area contributed by atoms with Crippen LogP contribution < -0.4 is 25.4 Å². The highest BCUT2D eigenvalue weighted by Crippen LogP contribution is 2.34. The first kappa shape index (κ1) is 28.2. The van der Waals surface area contributed by atoms with Crippen molar-refractivity contribution in [2.75, 3.05) is 30.0 Å². The molecule has 10 heteroatoms. The van der Waals surface area contributed by atoms with E-state index in [4.69, 9.17) is 25.4 Å². The van der Waals surface area contributed by atoms with Crippen LogP contribution in [0.25, 0.3) is 0 Å². The Labute approximate surface area is 232 Å². The van der Waals surface area contributed by atoms with Crippen LogP contribution in [-0.4, -0.2) is 43.4 Å². The van der Waals surface area contributed by atoms with Crippen LogP contribution in [0.2, 0.25) is 0 Å². The largest absolute Gasteiger partial charge is 0.480 e. The second-order valence-electron chi connectivity index (χ2n) is 9.12. The maximum Gasteiger partial charge on any atom is 0.344 e. The van der Waals surface area contributed by atoms with Gasteiger partial charge in [0.15, 0.2) is 6.61 Å². The molecule has 0 spiro atoms. The molecular weight excluding hydrogens is 512 g/mol. The SMILES string of the molecule is CCOC(=O)COc1cc(NC(=O)C(Oc2cccc(C(=N)N)c2)c2ccccc2)ccc1N1CCCCC1=O. The third-order valence-electron chi connectivity index (χ3n) is 6.23. The Hall–Kier alpha value is -4.86. The number of ether oxygens (including phenoxy) is 3. The third kappa shape index (κ3) is 7.16. The maximum atomic E-state index is 13.6. The van der Waals surface area contributed by atoms with E-state index in [1.807, 2.05) is 6.07 Å². The van der Waals surface area contributed by atoms with E-state index < -0.39 is 18.0 Å². The average Bonchev–Trinajstić information content (AvgIpc) is 2.96. The van der Waals surface area contributed by atoms with Gasteiger partial charge in [0.25, 0.3) is 5.91 Å². The number of hydrogen-bond donors (Lipinski definition) is 3. The number of nitrogens with zero attached hydrogens (tertiary/aromatic N) is 1. The van der Waals surface area contributed by atoms with Gasteiger partial charge < -0.3 is 30.2 Å². The lowest BCUT2D eigenvalue weighted by Gasteiger charge is -2.28. The Bertz CT molecular complexity index is 1380. The van der Waals surface area contributed by atoms with Gasteiger partial charge in [0.2, 0.25) is 12.0 Å². The highest BCUT2D eigenvalue weighted by molar-refractivity contribution is 5.98. The summed E-state index contributed by atoms with van der Waals surface area (Å²) in [5, 5.41) is 10.6. The summed E-state index contributed by atoms with van der Waals surface area (Å²) < 4.78 is 16.8. The summed E-state index contributed by atoms with van der Waals surface area (Å²) in [5.41, 5.74) is 7.61. The van der Waals surface area contributed by atoms with E-state index in [1.165, 1.54) is 0 Å². The number of carbonyl (C=O) groups excluding carboxylic acids is 3. The van der Waals surface area contributed by atoms with Gasteiger partial charge in [-0.25, -0.2) is 4.79 Å². The molecule has 0 saturated carbocycles. The molecule has 40 heavy (non-hydrogen) atoms. The summed E-state index contributed by atoms with van der Waals surface area (Å²) in [6, 6.07) is 20.6. The molecule has 3 aromatic carbocycles. The number of anilines is 2. The van der Waals surface area contributed by atoms with Crippen molar-refractivity contribution in [3.8, 4) is 11.5 Å². The van der Waals surface area contributed by atoms with E-state index >= 15 is 0 Å². The van der Waals surface area contributed by atoms with Gasteiger partial charge in [0.1, 0.15) is 17.3 Å². The van der Waals surface area contributed by atoms with Crippen molar-refractivity contribution in [1.29, 1.82) is 5.41 Å². The predicted molar refractivity (Wildman–Crippen MR) is 151 cm³/mol. The van der Waals surface area contributed by atoms with Crippen LogP contribution in [0.3, 0.4) is 0 Å². The van der Waals surface area contributed by atoms with Gasteiger partial charge in [0.05, 0.1) is 12.3 Å². The third-order valence-corrected chi connectivity index (χ3v) is 6.23. The molecule has 3 aromatic rings. The summed E-state index contributed by atoms with van der Waals surface area (Å²) in [6.45, 7) is 2.10. The zero-order chi connectivity index (χ0) is 28.5. The molecule has 0 aliphatic carbocycles. The first-order valence-corrected chi connectivity index (χ1v) is 13.1. The Morgan fingerprint density at radius 1 is 1.05 bits per heavy atom. The van der Waals surface area contributed by atoms with Crippen molar-refractivity contribution < 1.29 is 28.6 Å². The molecular formula is C30H32N4O6. The van der Waals surface area contributed by atoms with Gasteiger partial charge in [-0.05, 0) is 44.0 Å². The molecule has 0 bridgehead atoms. The van der Waals surface area contributed by atoms with Crippen LogP contribution in [-0.2, 0) is 19.1 Å². The molecule has 1 saturated heterocycles. The summed E-state index contributed by atoms with van der Waals surface area (Å²) >= 11 is 0. The van der Waals surface area contributed by atoms with Crippen molar-refractivity contribution in [2.24, 2.45) is 5.73 Å². The van der Waals surface area contributed by atoms with E-state index in [1.54, 1.807) is 78.6 Å². The van der Waals surface area contributed by atoms with Crippen molar-refractivity contribution >= 4 is 35.0 Å². The molecule has 2 amide bonds. The minimum absolute atomic E-state index is 0.0330. The number of rotatable bonds is 11. The molecule has 1 aliphatic heterocycles. The molecule has 1 unspecified atom stereocenters. The molecule has 4 rings (SSSR count). The molecule has 0 radical (unpaired) electrons. The number of nitrogens with two attached hydrogens (primary N) is 1. The van der Waals surface area contributed by atoms with Gasteiger partial charge in [-0.2, -0.15) is 0 Å². The van der Waals surface area contributed by atoms with Crippen LogP contribution in [0.1, 0.15) is 43.4 Å². The van der Waals surface area contributed by atoms with Crippen LogP contribution in [0, 0.1) is 5.41 Å². The molecule has 10 nitrogen and oxygen atoms in total. The summed E-state index contributed by atoms with van der Waals surface area (Å²) in [4.78, 5) is 39.8. The predicted octanol–water partition coefficient (Wildman–Crippen LogP) is 4.19. The number of benzene rings is 3. The smallest absolute Gasteiger partial charge is 0.344 e. The molecule has 208 valence electrons. The fourth-order valence-electron chi connectivity index (χ4n) is 4.31. The Morgan fingerprint density at radius 3 is 2.58 bits per heavy atom. The second kappa shape index (κ2) is 13.3. The van der Waals surface area contributed by atoms with Crippen LogP contribution >= 0.6 is 0 Å². The number of piperidine rings is 1. The zero-order valence-corrected chi connectivity index (χ0v) is 22.2. The van der Waals surface area contributed by atoms with Gasteiger partial charge in [-0.3, -0.25) is 15.0 Å². The Balaban J connectivity index is 1.61. The van der Waals surface area contributed by atoms with Gasteiger partial charge in [-0.15, -0.1) is 0 Å². The Kier molecular flexibility index (Phi) is 9.35. The second-order valence-corrected chi connectivity index (χ2v) is 9.12. The van der Waals surface area contributed by atoms with Gasteiger partial charge in [-0.1, -0.05) is 42.5 Å². The molecule has 0 aromatic heterocycles. The molecule has 1 fully saturated rings. The zero-order valence-electron chi connectivity index (χ0n) is 22.2. The highest BCUT2D eigenvalue weighted by Gasteiger charge is 2.26. The lowest BCUT2D eigenvalue weighted by Crippen LogP contribution is -2.35. The van der Waals surface area contributed by atoms with E-state index in [0.717, 1.165) is 12.8 Å². The lowest BCUT2D eigenvalue weighted by molar-refractivity contribution is -0.145. The van der Waals surface area contributed by atoms with Gasteiger partial charge in [0, 0.05) is 35.8 Å². The van der Waals surface area contributed by atoms with Crippen LogP contribution in [0.4, 0.5) is 11.4 Å². The van der Waals surface area contributed by atoms with E-state index in [-0.39, 0.29) is 30.7 Å². The maximum absolute atomic E-state index is 13.6. The van der Waals surface area contributed by atoms with Crippen molar-refractivity contribution in [2.45, 2.75) is 32.3 Å². The molecule has 4 N–H and O–H groups in total. The molecule has 1 atom stereocenters. The Morgan fingerprint density at radius 2 is 1.85 bits per heavy atom. The first-order chi connectivity index (χ1) is 19.4. The van der Waals surface area contributed by atoms with Crippen LogP contribution in [0.5, 0.6) is 11.5 Å². The molecule has 1 heterocycles. The standard InChI is InChI=1S/C30H32N4O6/c1-2-38-27(36)19-39-25-18-22(14-15-24(25)34-16-7-6-13-26(34)35)33-30(37)28(20-9-4-3-5-10-20)40-23-12-8-11-21(17-23)29(31)32/h3-5,8-12,14-15,17-18,28H,2,6-7,13,16,19H2,1H3,(H3,31,32)(H,33,37). The number of hydrogen-bond acceptors (Lipinski definition) is 7. The van der Waals surface area contributed by atoms with E-state index in [2.05, 4.69) is 5.32 Å². The quantitative estimate of drug-likeness (QED) is 0.187. The normalized spacial score (nSPS) is 13.7. The van der Waals surface area contributed by atoms with Gasteiger partial charge >= 0.3 is 5.97 Å². The van der Waals surface area contributed by atoms with E-state index in [9.17, 15) is 14.4 Å². The fourth-order valence-corrected chi connectivity index (χ4v) is 4.31. The number of nitrogens with one attached hydrogen (secondary N) is 2. The average molecular weight is 545 g/mol. The topological polar surface area (TPSA) is 144 Å². The number of amidine groups is 1. The summed E-state index contributed by atoms with van der Waals surface area (Å²) in [7, 11) is 0. The highest BCUT2D eigenvalue weighted by atomic mass is 16.6. The number of amides is 2. The molecule has 1 aliphatic rings. The summed E-state index contributed by atoms with van der Waals surface area (Å²) in [5.74, 6) is -0.513. The number of nitrogen functional groups attached to an aromatic ring is 1. The van der Waals surface area contributed by atoms with Crippen LogP contribution in [0.15, 0.2) is 72.8 Å². The minimum atomic E-state index is -1.03. The lowest BCUT2D eigenvalue weighted by atomic mass is 10.1.